The molecule has 0 N–H and O–H groups in total. The van der Waals surface area contributed by atoms with Crippen molar-refractivity contribution in [3.05, 3.63) is 37.0 Å². The van der Waals surface area contributed by atoms with Crippen molar-refractivity contribution in [1.82, 2.24) is 0 Å². The molecule has 1 heteroatoms. The van der Waals surface area contributed by atoms with E-state index in [4.69, 9.17) is 0 Å². The van der Waals surface area contributed by atoms with Crippen molar-refractivity contribution in [2.45, 2.75) is 19.4 Å². The Morgan fingerprint density at radius 3 is 2.27 bits per heavy atom. The van der Waals surface area contributed by atoms with Crippen LogP contribution in [0.25, 0.3) is 0 Å². The lowest BCUT2D eigenvalue weighted by Crippen LogP contribution is -2.10. The molecule has 0 radical (unpaired) electrons. The Bertz CT molecular complexity index is 185. The molecule has 60 valence electrons. The van der Waals surface area contributed by atoms with E-state index in [9.17, 15) is 0 Å². The average Bonchev–Trinajstić information content (AvgIpc) is 1.99. The Morgan fingerprint density at radius 1 is 1.18 bits per heavy atom. The van der Waals surface area contributed by atoms with Crippen LogP contribution < -0.4 is 0 Å². The first-order valence-electron chi connectivity index (χ1n) is 3.57. The molecule has 0 aromatic rings. The summed E-state index contributed by atoms with van der Waals surface area (Å²) in [6.45, 7) is 11.0. The van der Waals surface area contributed by atoms with E-state index < -0.39 is 0 Å². The predicted molar refractivity (Wildman–Crippen MR) is 52.1 cm³/mol. The lowest BCUT2D eigenvalue weighted by atomic mass is 10.1. The Hall–Kier alpha value is -1.11. The van der Waals surface area contributed by atoms with E-state index in [1.165, 1.54) is 0 Å². The highest BCUT2D eigenvalue weighted by Crippen LogP contribution is 2.08. The summed E-state index contributed by atoms with van der Waals surface area (Å²) in [5, 5.41) is 0. The molecule has 0 bridgehead atoms. The van der Waals surface area contributed by atoms with Gasteiger partial charge in [0, 0.05) is 0 Å². The van der Waals surface area contributed by atoms with Crippen molar-refractivity contribution in [3.63, 3.8) is 0 Å². The topological polar surface area (TPSA) is 12.4 Å². The van der Waals surface area contributed by atoms with Gasteiger partial charge in [-0.25, -0.2) is 0 Å². The lowest BCUT2D eigenvalue weighted by Gasteiger charge is -2.11. The van der Waals surface area contributed by atoms with Gasteiger partial charge in [-0.3, -0.25) is 4.99 Å². The van der Waals surface area contributed by atoms with Crippen LogP contribution >= 0.6 is 0 Å². The summed E-state index contributed by atoms with van der Waals surface area (Å²) in [5.41, 5.74) is -0.161. The van der Waals surface area contributed by atoms with Crippen LogP contribution in [-0.2, 0) is 0 Å². The molecule has 0 fully saturated rings. The third-order valence-electron chi connectivity index (χ3n) is 1.27. The highest BCUT2D eigenvalue weighted by atomic mass is 14.8. The molecular formula is C10H15N. The van der Waals surface area contributed by atoms with Gasteiger partial charge in [-0.2, -0.15) is 0 Å². The first-order chi connectivity index (χ1) is 5.12. The first-order valence-corrected chi connectivity index (χ1v) is 3.57. The second-order valence-electron chi connectivity index (χ2n) is 2.79. The molecule has 1 nitrogen and oxygen atoms in total. The van der Waals surface area contributed by atoms with Gasteiger partial charge >= 0.3 is 0 Å². The van der Waals surface area contributed by atoms with Crippen molar-refractivity contribution in [2.75, 3.05) is 0 Å². The Labute approximate surface area is 68.9 Å². The van der Waals surface area contributed by atoms with Crippen LogP contribution in [0.1, 0.15) is 13.8 Å². The van der Waals surface area contributed by atoms with Crippen LogP contribution in [0, 0.1) is 0 Å². The molecule has 0 aromatic carbocycles. The monoisotopic (exact) mass is 149 g/mol. The van der Waals surface area contributed by atoms with Gasteiger partial charge in [0.2, 0.25) is 0 Å². The largest absolute Gasteiger partial charge is 0.291 e. The summed E-state index contributed by atoms with van der Waals surface area (Å²) >= 11 is 0. The van der Waals surface area contributed by atoms with Crippen molar-refractivity contribution in [1.29, 1.82) is 0 Å². The van der Waals surface area contributed by atoms with E-state index in [1.807, 2.05) is 38.2 Å². The highest BCUT2D eigenvalue weighted by molar-refractivity contribution is 5.28. The number of allylic oxidation sites excluding steroid dienone is 4. The standard InChI is InChI=1S/C10H15N/c1-5-6-7-8-9-10(2,3)11-4/h5-9H,1,4H2,2-3H3/b7-6-,9-8+. The zero-order valence-electron chi connectivity index (χ0n) is 7.25. The normalized spacial score (nSPS) is 12.5. The predicted octanol–water partition coefficient (Wildman–Crippen LogP) is 2.76. The SMILES string of the molecule is C=C/C=C\C=C\C(C)(C)N=C. The van der Waals surface area contributed by atoms with E-state index in [2.05, 4.69) is 18.3 Å². The molecule has 0 aliphatic rings. The number of nitrogens with zero attached hydrogens (tertiary/aromatic N) is 1. The van der Waals surface area contributed by atoms with Gasteiger partial charge in [-0.1, -0.05) is 37.0 Å². The van der Waals surface area contributed by atoms with Gasteiger partial charge in [0.05, 0.1) is 5.54 Å². The average molecular weight is 149 g/mol. The van der Waals surface area contributed by atoms with Crippen LogP contribution in [-0.4, -0.2) is 12.3 Å². The molecule has 0 aliphatic heterocycles. The van der Waals surface area contributed by atoms with Gasteiger partial charge in [0.1, 0.15) is 0 Å². The molecule has 0 spiro atoms. The maximum absolute atomic E-state index is 3.92. The van der Waals surface area contributed by atoms with Gasteiger partial charge < -0.3 is 0 Å². The minimum absolute atomic E-state index is 0.161. The first kappa shape index (κ1) is 9.89. The maximum atomic E-state index is 3.92. The van der Waals surface area contributed by atoms with E-state index >= 15 is 0 Å². The minimum Gasteiger partial charge on any atom is -0.291 e. The minimum atomic E-state index is -0.161. The van der Waals surface area contributed by atoms with Gasteiger partial charge in [-0.05, 0) is 20.6 Å². The summed E-state index contributed by atoms with van der Waals surface area (Å²) in [5.74, 6) is 0. The lowest BCUT2D eigenvalue weighted by molar-refractivity contribution is 0.663. The number of rotatable bonds is 4. The summed E-state index contributed by atoms with van der Waals surface area (Å²) in [4.78, 5) is 3.92. The van der Waals surface area contributed by atoms with Crippen molar-refractivity contribution >= 4 is 6.72 Å². The van der Waals surface area contributed by atoms with Crippen LogP contribution in [0.3, 0.4) is 0 Å². The fraction of sp³-hybridized carbons (Fsp3) is 0.300. The Balaban J connectivity index is 4.01. The summed E-state index contributed by atoms with van der Waals surface area (Å²) < 4.78 is 0. The molecule has 0 aromatic heterocycles. The molecule has 11 heavy (non-hydrogen) atoms. The second-order valence-corrected chi connectivity index (χ2v) is 2.79. The van der Waals surface area contributed by atoms with E-state index in [0.717, 1.165) is 0 Å². The summed E-state index contributed by atoms with van der Waals surface area (Å²) in [6, 6.07) is 0. The Morgan fingerprint density at radius 2 is 1.82 bits per heavy atom. The second kappa shape index (κ2) is 4.67. The third-order valence-corrected chi connectivity index (χ3v) is 1.27. The molecule has 0 aliphatic carbocycles. The van der Waals surface area contributed by atoms with E-state index in [0.29, 0.717) is 0 Å². The van der Waals surface area contributed by atoms with E-state index in [-0.39, 0.29) is 5.54 Å². The molecule has 0 atom stereocenters. The zero-order chi connectivity index (χ0) is 8.74. The number of hydrogen-bond donors (Lipinski definition) is 0. The van der Waals surface area contributed by atoms with Crippen LogP contribution in [0.4, 0.5) is 0 Å². The van der Waals surface area contributed by atoms with Crippen LogP contribution in [0.2, 0.25) is 0 Å². The van der Waals surface area contributed by atoms with Crippen molar-refractivity contribution in [3.8, 4) is 0 Å². The Kier molecular flexibility index (Phi) is 4.20. The highest BCUT2D eigenvalue weighted by Gasteiger charge is 2.06. The molecule has 0 unspecified atom stereocenters. The quantitative estimate of drug-likeness (QED) is 0.430. The summed E-state index contributed by atoms with van der Waals surface area (Å²) in [7, 11) is 0. The van der Waals surface area contributed by atoms with Gasteiger partial charge in [0.15, 0.2) is 0 Å². The van der Waals surface area contributed by atoms with Gasteiger partial charge in [0.25, 0.3) is 0 Å². The molecule has 0 saturated heterocycles. The van der Waals surface area contributed by atoms with E-state index in [1.54, 1.807) is 6.08 Å². The number of hydrogen-bond acceptors (Lipinski definition) is 1. The van der Waals surface area contributed by atoms with Gasteiger partial charge in [-0.15, -0.1) is 0 Å². The zero-order valence-corrected chi connectivity index (χ0v) is 7.25. The fourth-order valence-corrected chi connectivity index (χ4v) is 0.486. The molecule has 0 heterocycles. The molecular weight excluding hydrogens is 134 g/mol. The van der Waals surface area contributed by atoms with Crippen molar-refractivity contribution in [2.24, 2.45) is 4.99 Å². The summed E-state index contributed by atoms with van der Waals surface area (Å²) in [6.07, 6.45) is 9.45. The maximum Gasteiger partial charge on any atom is 0.0727 e. The fourth-order valence-electron chi connectivity index (χ4n) is 0.486. The molecule has 0 rings (SSSR count). The third kappa shape index (κ3) is 5.34. The van der Waals surface area contributed by atoms with Crippen LogP contribution in [0.5, 0.6) is 0 Å². The van der Waals surface area contributed by atoms with Crippen molar-refractivity contribution < 1.29 is 0 Å². The van der Waals surface area contributed by atoms with Crippen LogP contribution in [0.15, 0.2) is 42.0 Å². The molecule has 0 saturated carbocycles. The smallest absolute Gasteiger partial charge is 0.0727 e. The molecule has 0 amide bonds. The number of aliphatic imine (C=N–C) groups is 1.